The fraction of sp³-hybridized carbons (Fsp3) is 0.778. The lowest BCUT2D eigenvalue weighted by Gasteiger charge is -2.31. The maximum Gasteiger partial charge on any atom is 0.145 e. The molecule has 88 valence electrons. The van der Waals surface area contributed by atoms with E-state index in [-0.39, 0.29) is 16.3 Å². The van der Waals surface area contributed by atoms with Gasteiger partial charge >= 0.3 is 0 Å². The van der Waals surface area contributed by atoms with E-state index in [1.807, 2.05) is 0 Å². The van der Waals surface area contributed by atoms with Gasteiger partial charge in [0.2, 0.25) is 0 Å². The minimum absolute atomic E-state index is 0.00618. The molecule has 6 heteroatoms. The number of likely N-dealkylation sites (tertiary alicyclic amines) is 1. The van der Waals surface area contributed by atoms with E-state index in [4.69, 9.17) is 39.4 Å². The molecule has 0 aromatic rings. The van der Waals surface area contributed by atoms with Crippen molar-refractivity contribution >= 4 is 23.2 Å². The summed E-state index contributed by atoms with van der Waals surface area (Å²) in [5, 5.41) is 0.165. The minimum atomic E-state index is -0.722. The van der Waals surface area contributed by atoms with Crippen LogP contribution in [0.3, 0.4) is 0 Å². The number of ether oxygens (including phenoxy) is 1. The highest BCUT2D eigenvalue weighted by atomic mass is 35.5. The molecule has 15 heavy (non-hydrogen) atoms. The molecule has 1 aliphatic rings. The third kappa shape index (κ3) is 4.17. The van der Waals surface area contributed by atoms with E-state index in [1.165, 1.54) is 0 Å². The summed E-state index contributed by atoms with van der Waals surface area (Å²) < 4.78 is 5.57. The second-order valence-corrected chi connectivity index (χ2v) is 4.59. The zero-order valence-electron chi connectivity index (χ0n) is 8.75. The number of hydrogen-bond acceptors (Lipinski definition) is 4. The van der Waals surface area contributed by atoms with Crippen molar-refractivity contribution in [3.63, 3.8) is 0 Å². The number of piperidine rings is 1. The molecule has 0 bridgehead atoms. The second-order valence-electron chi connectivity index (χ2n) is 3.78. The molecule has 1 heterocycles. The Labute approximate surface area is 100 Å². The molecule has 0 radical (unpaired) electrons. The van der Waals surface area contributed by atoms with Crippen molar-refractivity contribution in [1.82, 2.24) is 4.90 Å². The molecule has 0 aromatic carbocycles. The number of likely N-dealkylation sites (N-methyl/N-ethyl adjacent to an activating group) is 1. The molecule has 0 aliphatic carbocycles. The van der Waals surface area contributed by atoms with Gasteiger partial charge in [-0.05, 0) is 26.4 Å². The van der Waals surface area contributed by atoms with Gasteiger partial charge in [-0.2, -0.15) is 0 Å². The zero-order chi connectivity index (χ0) is 11.4. The summed E-state index contributed by atoms with van der Waals surface area (Å²) in [5.74, 6) is 0. The Morgan fingerprint density at radius 2 is 2.20 bits per heavy atom. The van der Waals surface area contributed by atoms with Crippen molar-refractivity contribution in [2.45, 2.75) is 25.2 Å². The molecule has 2 unspecified atom stereocenters. The predicted octanol–water partition coefficient (Wildman–Crippen LogP) is 0.987. The highest BCUT2D eigenvalue weighted by molar-refractivity contribution is 6.39. The lowest BCUT2D eigenvalue weighted by molar-refractivity contribution is -0.0232. The number of nitrogens with zero attached hydrogens (tertiary/aromatic N) is 1. The van der Waals surface area contributed by atoms with Gasteiger partial charge in [-0.3, -0.25) is 0 Å². The van der Waals surface area contributed by atoms with Crippen LogP contribution in [-0.4, -0.2) is 37.4 Å². The fourth-order valence-corrected chi connectivity index (χ4v) is 1.79. The Hall–Kier alpha value is -0.0000000000000000555. The number of rotatable bonds is 3. The first-order chi connectivity index (χ1) is 7.00. The lowest BCUT2D eigenvalue weighted by atomic mass is 10.1. The largest absolute Gasteiger partial charge is 0.388 e. The van der Waals surface area contributed by atoms with Gasteiger partial charge in [0.1, 0.15) is 11.4 Å². The van der Waals surface area contributed by atoms with Crippen LogP contribution in [0.25, 0.3) is 0 Å². The summed E-state index contributed by atoms with van der Waals surface area (Å²) in [7, 11) is 2.05. The van der Waals surface area contributed by atoms with E-state index in [0.29, 0.717) is 0 Å². The number of halogens is 2. The molecule has 0 amide bonds. The zero-order valence-corrected chi connectivity index (χ0v) is 10.3. The average molecular weight is 254 g/mol. The van der Waals surface area contributed by atoms with Crippen LogP contribution < -0.4 is 11.5 Å². The highest BCUT2D eigenvalue weighted by Gasteiger charge is 2.22. The molecule has 0 aromatic heterocycles. The quantitative estimate of drug-likeness (QED) is 0.582. The van der Waals surface area contributed by atoms with Crippen LogP contribution in [0.4, 0.5) is 0 Å². The summed E-state index contributed by atoms with van der Waals surface area (Å²) in [6, 6.07) is 0. The van der Waals surface area contributed by atoms with E-state index >= 15 is 0 Å². The molecular formula is C9H17Cl2N3O. The van der Waals surface area contributed by atoms with Crippen molar-refractivity contribution in [3.05, 3.63) is 10.2 Å². The molecule has 1 aliphatic heterocycles. The molecule has 2 atom stereocenters. The summed E-state index contributed by atoms with van der Waals surface area (Å²) in [6.07, 6.45) is 1.47. The summed E-state index contributed by atoms with van der Waals surface area (Å²) in [5.41, 5.74) is 11.0. The Kier molecular flexibility index (Phi) is 5.15. The predicted molar refractivity (Wildman–Crippen MR) is 62.5 cm³/mol. The second kappa shape index (κ2) is 5.92. The SMILES string of the molecule is CN1CCCC(OC(N)/C(Cl)=C(\N)Cl)C1. The molecule has 1 saturated heterocycles. The average Bonchev–Trinajstić information content (AvgIpc) is 2.16. The van der Waals surface area contributed by atoms with E-state index in [0.717, 1.165) is 25.9 Å². The summed E-state index contributed by atoms with van der Waals surface area (Å²) in [6.45, 7) is 1.95. The summed E-state index contributed by atoms with van der Waals surface area (Å²) >= 11 is 11.3. The normalized spacial score (nSPS) is 27.3. The van der Waals surface area contributed by atoms with Crippen molar-refractivity contribution in [2.24, 2.45) is 11.5 Å². The van der Waals surface area contributed by atoms with Gasteiger partial charge in [0.15, 0.2) is 0 Å². The van der Waals surface area contributed by atoms with Gasteiger partial charge in [0.05, 0.1) is 11.1 Å². The summed E-state index contributed by atoms with van der Waals surface area (Å²) in [4.78, 5) is 2.20. The maximum atomic E-state index is 5.78. The highest BCUT2D eigenvalue weighted by Crippen LogP contribution is 2.18. The topological polar surface area (TPSA) is 64.5 Å². The van der Waals surface area contributed by atoms with Gasteiger partial charge in [0, 0.05) is 6.54 Å². The molecule has 1 fully saturated rings. The fourth-order valence-electron chi connectivity index (χ4n) is 1.63. The van der Waals surface area contributed by atoms with Crippen LogP contribution in [0.5, 0.6) is 0 Å². The van der Waals surface area contributed by atoms with E-state index in [1.54, 1.807) is 0 Å². The van der Waals surface area contributed by atoms with Crippen LogP contribution in [0.1, 0.15) is 12.8 Å². The lowest BCUT2D eigenvalue weighted by Crippen LogP contribution is -2.41. The molecular weight excluding hydrogens is 237 g/mol. The Morgan fingerprint density at radius 3 is 2.73 bits per heavy atom. The minimum Gasteiger partial charge on any atom is -0.388 e. The van der Waals surface area contributed by atoms with Crippen LogP contribution in [0.2, 0.25) is 0 Å². The smallest absolute Gasteiger partial charge is 0.145 e. The van der Waals surface area contributed by atoms with Crippen molar-refractivity contribution in [1.29, 1.82) is 0 Å². The first-order valence-electron chi connectivity index (χ1n) is 4.91. The van der Waals surface area contributed by atoms with Gasteiger partial charge in [-0.1, -0.05) is 23.2 Å². The third-order valence-corrected chi connectivity index (χ3v) is 3.12. The van der Waals surface area contributed by atoms with Crippen molar-refractivity contribution in [2.75, 3.05) is 20.1 Å². The van der Waals surface area contributed by atoms with E-state index in [2.05, 4.69) is 11.9 Å². The van der Waals surface area contributed by atoms with Gasteiger partial charge in [-0.15, -0.1) is 0 Å². The molecule has 0 spiro atoms. The third-order valence-electron chi connectivity index (χ3n) is 2.40. The standard InChI is InChI=1S/C9H17Cl2N3O/c1-14-4-2-3-6(5-14)15-9(13)7(10)8(11)12/h6,9H,2-5,12-13H2,1H3/b8-7+. The first kappa shape index (κ1) is 13.1. The molecule has 1 rings (SSSR count). The van der Waals surface area contributed by atoms with Gasteiger partial charge in [-0.25, -0.2) is 0 Å². The molecule has 0 saturated carbocycles. The van der Waals surface area contributed by atoms with Crippen LogP contribution in [-0.2, 0) is 4.74 Å². The van der Waals surface area contributed by atoms with Crippen LogP contribution in [0.15, 0.2) is 10.2 Å². The maximum absolute atomic E-state index is 5.78. The molecule has 4 nitrogen and oxygen atoms in total. The number of nitrogens with two attached hydrogens (primary N) is 2. The Morgan fingerprint density at radius 1 is 1.53 bits per heavy atom. The van der Waals surface area contributed by atoms with Crippen LogP contribution in [0, 0.1) is 0 Å². The van der Waals surface area contributed by atoms with Crippen molar-refractivity contribution < 1.29 is 4.74 Å². The Bertz CT molecular complexity index is 244. The Balaban J connectivity index is 2.44. The van der Waals surface area contributed by atoms with Gasteiger partial charge < -0.3 is 21.1 Å². The number of hydrogen-bond donors (Lipinski definition) is 2. The van der Waals surface area contributed by atoms with E-state index in [9.17, 15) is 0 Å². The van der Waals surface area contributed by atoms with E-state index < -0.39 is 6.23 Å². The first-order valence-corrected chi connectivity index (χ1v) is 5.66. The molecule has 4 N–H and O–H groups in total. The van der Waals surface area contributed by atoms with Crippen molar-refractivity contribution in [3.8, 4) is 0 Å². The van der Waals surface area contributed by atoms with Crippen LogP contribution >= 0.6 is 23.2 Å². The monoisotopic (exact) mass is 253 g/mol. The van der Waals surface area contributed by atoms with Gasteiger partial charge in [0.25, 0.3) is 0 Å².